The predicted octanol–water partition coefficient (Wildman–Crippen LogP) is 10.4. The summed E-state index contributed by atoms with van der Waals surface area (Å²) in [5.74, 6) is 0.757. The van der Waals surface area contributed by atoms with Crippen molar-refractivity contribution in [1.29, 1.82) is 0 Å². The van der Waals surface area contributed by atoms with Crippen molar-refractivity contribution in [2.75, 3.05) is 0 Å². The van der Waals surface area contributed by atoms with E-state index in [9.17, 15) is 0 Å². The maximum atomic E-state index is 8.55. The minimum atomic E-state index is -1.67. The summed E-state index contributed by atoms with van der Waals surface area (Å²) in [6.07, 6.45) is 2.33. The molecule has 0 fully saturated rings. The number of rotatable bonds is 6. The molecule has 0 aliphatic rings. The van der Waals surface area contributed by atoms with Crippen LogP contribution in [0.5, 0.6) is 0 Å². The quantitative estimate of drug-likeness (QED) is 0.124. The molecule has 5 nitrogen and oxygen atoms in total. The summed E-state index contributed by atoms with van der Waals surface area (Å²) in [7, 11) is -1.67. The Morgan fingerprint density at radius 3 is 2.34 bits per heavy atom. The molecule has 1 radical (unpaired) electrons. The van der Waals surface area contributed by atoms with E-state index in [2.05, 4.69) is 70.6 Å². The third-order valence-corrected chi connectivity index (χ3v) is 10.5. The number of imidazole rings is 1. The van der Waals surface area contributed by atoms with E-state index in [0.717, 1.165) is 77.7 Å². The van der Waals surface area contributed by atoms with Gasteiger partial charge in [0.25, 0.3) is 0 Å². The van der Waals surface area contributed by atoms with Crippen molar-refractivity contribution < 1.29 is 27.3 Å². The summed E-state index contributed by atoms with van der Waals surface area (Å²) in [5.41, 5.74) is 9.05. The zero-order valence-electron chi connectivity index (χ0n) is 31.1. The van der Waals surface area contributed by atoms with E-state index in [1.165, 1.54) is 0 Å². The second kappa shape index (κ2) is 14.7. The topological polar surface area (TPSA) is 56.7 Å². The van der Waals surface area contributed by atoms with E-state index in [1.54, 1.807) is 6.20 Å². The Labute approximate surface area is 311 Å². The number of benzene rings is 4. The second-order valence-corrected chi connectivity index (χ2v) is 18.6. The predicted molar refractivity (Wildman–Crippen MR) is 205 cm³/mol. The SMILES string of the molecule is Cc1nccc2nc(-c3[c-]cc4oc5ccccc5c4c3)n(-c3ccccc3)c12.[2H]C([2H])(c1cc(-c2[c-]cccc2)ncc1[Si](C)(C)C)C(C)C.[Ir]. The van der Waals surface area contributed by atoms with E-state index in [1.807, 2.05) is 106 Å². The van der Waals surface area contributed by atoms with Gasteiger partial charge >= 0.3 is 0 Å². The van der Waals surface area contributed by atoms with Gasteiger partial charge in [-0.2, -0.15) is 0 Å². The number of hydrogen-bond donors (Lipinski definition) is 0. The normalized spacial score (nSPS) is 12.4. The number of para-hydroxylation sites is 2. The van der Waals surface area contributed by atoms with E-state index in [4.69, 9.17) is 12.1 Å². The number of furan rings is 1. The number of aryl methyl sites for hydroxylation is 1. The fraction of sp³-hybridized carbons (Fsp3) is 0.186. The van der Waals surface area contributed by atoms with Crippen LogP contribution in [0.2, 0.25) is 19.6 Å². The van der Waals surface area contributed by atoms with E-state index in [-0.39, 0.29) is 26.0 Å². The van der Waals surface area contributed by atoms with Gasteiger partial charge in [0.05, 0.1) is 36.2 Å². The molecule has 0 amide bonds. The summed E-state index contributed by atoms with van der Waals surface area (Å²) >= 11 is 0. The van der Waals surface area contributed by atoms with Gasteiger partial charge < -0.3 is 14.0 Å². The second-order valence-electron chi connectivity index (χ2n) is 13.5. The average Bonchev–Trinajstić information content (AvgIpc) is 3.71. The van der Waals surface area contributed by atoms with Crippen LogP contribution in [-0.2, 0) is 26.5 Å². The maximum absolute atomic E-state index is 8.55. The van der Waals surface area contributed by atoms with Crippen LogP contribution >= 0.6 is 0 Å². The molecular weight excluding hydrogens is 809 g/mol. The van der Waals surface area contributed by atoms with Crippen LogP contribution < -0.4 is 5.19 Å². The molecule has 0 saturated heterocycles. The Bertz CT molecular complexity index is 2490. The van der Waals surface area contributed by atoms with Gasteiger partial charge in [-0.05, 0) is 54.4 Å². The fourth-order valence-corrected chi connectivity index (χ4v) is 7.58. The van der Waals surface area contributed by atoms with Gasteiger partial charge in [-0.3, -0.25) is 9.97 Å². The monoisotopic (exact) mass is 851 g/mol. The van der Waals surface area contributed by atoms with Gasteiger partial charge in [0.1, 0.15) is 5.58 Å². The fourth-order valence-electron chi connectivity index (χ4n) is 6.17. The van der Waals surface area contributed by atoms with Crippen LogP contribution in [0.25, 0.3) is 61.3 Å². The van der Waals surface area contributed by atoms with Crippen LogP contribution in [0.4, 0.5) is 0 Å². The van der Waals surface area contributed by atoms with Crippen molar-refractivity contribution in [1.82, 2.24) is 19.5 Å². The first-order valence-electron chi connectivity index (χ1n) is 17.6. The smallest absolute Gasteiger partial charge is 0.120 e. The van der Waals surface area contributed by atoms with Gasteiger partial charge in [-0.15, -0.1) is 59.7 Å². The average molecular weight is 851 g/mol. The standard InChI is InChI=1S/C25H16N3O.C18H24NSi.Ir/c1-16-24-21(13-14-26-16)27-25(28(24)18-7-3-2-4-8-18)17-11-12-23-20(15-17)19-9-5-6-10-22(19)29-23;1-14(2)11-16-12-17(15-9-7-6-8-10-15)19-13-18(16)20(3,4)5;/h2-10,12-15H,1H3;6-9,12-14H,11H2,1-5H3;/q2*-1;/i;11D2;. The van der Waals surface area contributed by atoms with Crippen LogP contribution in [0, 0.1) is 25.0 Å². The molecule has 0 spiro atoms. The molecule has 7 heteroatoms. The molecule has 8 rings (SSSR count). The van der Waals surface area contributed by atoms with Gasteiger partial charge in [0.2, 0.25) is 0 Å². The molecule has 0 saturated carbocycles. The van der Waals surface area contributed by atoms with Crippen molar-refractivity contribution in [2.24, 2.45) is 5.92 Å². The van der Waals surface area contributed by atoms with Gasteiger partial charge in [-0.1, -0.05) is 86.9 Å². The van der Waals surface area contributed by atoms with Crippen LogP contribution in [-0.4, -0.2) is 27.6 Å². The number of fused-ring (bicyclic) bond motifs is 4. The van der Waals surface area contributed by atoms with Crippen molar-refractivity contribution in [3.05, 3.63) is 139 Å². The number of hydrogen-bond acceptors (Lipinski definition) is 4. The van der Waals surface area contributed by atoms with E-state index >= 15 is 0 Å². The molecule has 0 N–H and O–H groups in total. The van der Waals surface area contributed by atoms with Gasteiger partial charge in [0.15, 0.2) is 0 Å². The van der Waals surface area contributed by atoms with Crippen LogP contribution in [0.15, 0.2) is 120 Å². The molecule has 0 bridgehead atoms. The Hall–Kier alpha value is -4.68. The summed E-state index contributed by atoms with van der Waals surface area (Å²) in [5, 5.41) is 3.26. The van der Waals surface area contributed by atoms with Crippen LogP contribution in [0.1, 0.15) is 27.8 Å². The first-order valence-corrected chi connectivity index (χ1v) is 20.1. The van der Waals surface area contributed by atoms with Gasteiger partial charge in [0, 0.05) is 46.3 Å². The summed E-state index contributed by atoms with van der Waals surface area (Å²) in [6.45, 7) is 12.6. The Morgan fingerprint density at radius 1 is 0.840 bits per heavy atom. The Morgan fingerprint density at radius 2 is 1.60 bits per heavy atom. The molecule has 4 aromatic heterocycles. The minimum Gasteiger partial charge on any atom is -0.500 e. The van der Waals surface area contributed by atoms with E-state index < -0.39 is 14.4 Å². The molecule has 0 aliphatic carbocycles. The van der Waals surface area contributed by atoms with Crippen molar-refractivity contribution >= 4 is 46.2 Å². The number of pyridine rings is 2. The Balaban J connectivity index is 0.000000183. The van der Waals surface area contributed by atoms with Crippen molar-refractivity contribution in [2.45, 2.75) is 46.8 Å². The number of nitrogens with zero attached hydrogens (tertiary/aromatic N) is 4. The molecule has 4 aromatic carbocycles. The minimum absolute atomic E-state index is 0. The molecule has 50 heavy (non-hydrogen) atoms. The van der Waals surface area contributed by atoms with Crippen LogP contribution in [0.3, 0.4) is 0 Å². The molecule has 4 heterocycles. The molecule has 253 valence electrons. The molecular formula is C43H40IrN4OSi-2. The van der Waals surface area contributed by atoms with E-state index in [0.29, 0.717) is 0 Å². The summed E-state index contributed by atoms with van der Waals surface area (Å²) < 4.78 is 25.2. The molecule has 0 aliphatic heterocycles. The maximum Gasteiger partial charge on any atom is 0.120 e. The third kappa shape index (κ3) is 7.13. The van der Waals surface area contributed by atoms with Gasteiger partial charge in [-0.25, -0.2) is 0 Å². The zero-order chi connectivity index (χ0) is 35.9. The first kappa shape index (κ1) is 32.5. The number of aromatic nitrogens is 4. The molecule has 8 aromatic rings. The summed E-state index contributed by atoms with van der Waals surface area (Å²) in [4.78, 5) is 14.0. The van der Waals surface area contributed by atoms with Crippen molar-refractivity contribution in [3.63, 3.8) is 0 Å². The first-order chi connectivity index (χ1) is 24.4. The largest absolute Gasteiger partial charge is 0.500 e. The summed E-state index contributed by atoms with van der Waals surface area (Å²) in [6, 6.07) is 40.5. The zero-order valence-corrected chi connectivity index (χ0v) is 32.5. The molecule has 0 unspecified atom stereocenters. The Kier molecular flexibility index (Phi) is 9.53. The third-order valence-electron chi connectivity index (χ3n) is 8.45. The van der Waals surface area contributed by atoms with Crippen molar-refractivity contribution in [3.8, 4) is 28.3 Å². The molecule has 0 atom stereocenters.